The first-order valence-corrected chi connectivity index (χ1v) is 6.59. The van der Waals surface area contributed by atoms with Gasteiger partial charge >= 0.3 is 0 Å². The summed E-state index contributed by atoms with van der Waals surface area (Å²) in [5.41, 5.74) is 2.65. The molecule has 0 aliphatic carbocycles. The third kappa shape index (κ3) is 2.68. The van der Waals surface area contributed by atoms with Gasteiger partial charge in [-0.15, -0.1) is 11.3 Å². The van der Waals surface area contributed by atoms with Crippen LogP contribution in [-0.2, 0) is 0 Å². The zero-order valence-corrected chi connectivity index (χ0v) is 11.1. The van der Waals surface area contributed by atoms with Crippen LogP contribution in [0.3, 0.4) is 0 Å². The molecule has 0 spiro atoms. The van der Waals surface area contributed by atoms with Gasteiger partial charge in [-0.05, 0) is 24.2 Å². The second kappa shape index (κ2) is 5.93. The molecule has 0 bridgehead atoms. The molecule has 1 atom stereocenters. The largest absolute Gasteiger partial charge is 0.494 e. The molecule has 1 unspecified atom stereocenters. The number of nitrogens with zero attached hydrogens (tertiary/aromatic N) is 1. The van der Waals surface area contributed by atoms with E-state index >= 15 is 0 Å². The average Bonchev–Trinajstić information content (AvgIpc) is 2.89. The van der Waals surface area contributed by atoms with Crippen LogP contribution in [0.4, 0.5) is 4.39 Å². The van der Waals surface area contributed by atoms with Crippen molar-refractivity contribution in [3.05, 3.63) is 46.2 Å². The number of methoxy groups -OCH3 is 1. The van der Waals surface area contributed by atoms with Gasteiger partial charge in [0.05, 0.1) is 18.7 Å². The molecule has 1 aromatic heterocycles. The number of ether oxygens (including phenoxy) is 1. The number of nitrogens with one attached hydrogen (secondary N) is 1. The smallest absolute Gasteiger partial charge is 0.165 e. The molecule has 1 aromatic carbocycles. The van der Waals surface area contributed by atoms with Crippen molar-refractivity contribution >= 4 is 11.3 Å². The molecule has 0 saturated carbocycles. The Labute approximate surface area is 110 Å². The lowest BCUT2D eigenvalue weighted by Gasteiger charge is -2.17. The van der Waals surface area contributed by atoms with Gasteiger partial charge in [0, 0.05) is 11.1 Å². The molecule has 0 amide bonds. The maximum absolute atomic E-state index is 13.7. The highest BCUT2D eigenvalue weighted by molar-refractivity contribution is 7.09. The normalized spacial score (nSPS) is 12.4. The third-order valence-electron chi connectivity index (χ3n) is 2.65. The van der Waals surface area contributed by atoms with Gasteiger partial charge in [0.2, 0.25) is 0 Å². The fourth-order valence-corrected chi connectivity index (χ4v) is 2.54. The van der Waals surface area contributed by atoms with Crippen molar-refractivity contribution in [1.82, 2.24) is 10.3 Å². The highest BCUT2D eigenvalue weighted by Gasteiger charge is 2.16. The molecule has 0 radical (unpaired) electrons. The van der Waals surface area contributed by atoms with Crippen LogP contribution in [0, 0.1) is 5.82 Å². The molecule has 3 nitrogen and oxygen atoms in total. The average molecular weight is 266 g/mol. The monoisotopic (exact) mass is 266 g/mol. The van der Waals surface area contributed by atoms with E-state index in [1.165, 1.54) is 13.2 Å². The maximum Gasteiger partial charge on any atom is 0.165 e. The van der Waals surface area contributed by atoms with E-state index in [0.717, 1.165) is 17.0 Å². The van der Waals surface area contributed by atoms with Crippen molar-refractivity contribution in [2.24, 2.45) is 0 Å². The quantitative estimate of drug-likeness (QED) is 0.903. The number of benzene rings is 1. The molecule has 0 aliphatic rings. The van der Waals surface area contributed by atoms with E-state index in [2.05, 4.69) is 10.3 Å². The summed E-state index contributed by atoms with van der Waals surface area (Å²) >= 11 is 1.55. The van der Waals surface area contributed by atoms with Gasteiger partial charge in [-0.1, -0.05) is 13.0 Å². The van der Waals surface area contributed by atoms with E-state index in [9.17, 15) is 4.39 Å². The van der Waals surface area contributed by atoms with Crippen molar-refractivity contribution in [2.45, 2.75) is 13.0 Å². The first kappa shape index (κ1) is 13.0. The lowest BCUT2D eigenvalue weighted by Crippen LogP contribution is -2.21. The van der Waals surface area contributed by atoms with Crippen LogP contribution in [0.15, 0.2) is 29.9 Å². The van der Waals surface area contributed by atoms with Crippen LogP contribution in [-0.4, -0.2) is 18.6 Å². The van der Waals surface area contributed by atoms with Crippen molar-refractivity contribution in [3.8, 4) is 5.75 Å². The van der Waals surface area contributed by atoms with E-state index in [1.54, 1.807) is 29.1 Å². The minimum Gasteiger partial charge on any atom is -0.494 e. The molecule has 0 aliphatic heterocycles. The van der Waals surface area contributed by atoms with E-state index in [4.69, 9.17) is 4.74 Å². The van der Waals surface area contributed by atoms with Gasteiger partial charge < -0.3 is 10.1 Å². The fourth-order valence-electron chi connectivity index (χ4n) is 1.82. The van der Waals surface area contributed by atoms with Crippen LogP contribution in [0.25, 0.3) is 0 Å². The Morgan fingerprint density at radius 1 is 1.50 bits per heavy atom. The van der Waals surface area contributed by atoms with E-state index in [1.807, 2.05) is 13.0 Å². The minimum atomic E-state index is -0.345. The summed E-state index contributed by atoms with van der Waals surface area (Å²) in [5.74, 6) is -0.0827. The standard InChI is InChI=1S/C13H15FN2OS/c1-3-16-13(12-7-15-8-18-12)9-4-5-11(17-2)10(14)6-9/h4-8,13,16H,3H2,1-2H3. The van der Waals surface area contributed by atoms with E-state index < -0.39 is 0 Å². The molecule has 18 heavy (non-hydrogen) atoms. The fraction of sp³-hybridized carbons (Fsp3) is 0.308. The van der Waals surface area contributed by atoms with Crippen molar-refractivity contribution in [2.75, 3.05) is 13.7 Å². The maximum atomic E-state index is 13.7. The summed E-state index contributed by atoms with van der Waals surface area (Å²) < 4.78 is 18.7. The van der Waals surface area contributed by atoms with Crippen molar-refractivity contribution in [1.29, 1.82) is 0 Å². The number of rotatable bonds is 5. The molecule has 5 heteroatoms. The summed E-state index contributed by atoms with van der Waals surface area (Å²) in [6.45, 7) is 2.82. The van der Waals surface area contributed by atoms with E-state index in [-0.39, 0.29) is 17.6 Å². The second-order valence-electron chi connectivity index (χ2n) is 3.79. The van der Waals surface area contributed by atoms with Gasteiger partial charge in [-0.3, -0.25) is 4.98 Å². The molecule has 96 valence electrons. The van der Waals surface area contributed by atoms with Crippen LogP contribution < -0.4 is 10.1 Å². The Kier molecular flexibility index (Phi) is 4.28. The Hall–Kier alpha value is -1.46. The summed E-state index contributed by atoms with van der Waals surface area (Å²) in [6, 6.07) is 5.00. The number of halogens is 1. The van der Waals surface area contributed by atoms with Crippen LogP contribution in [0.1, 0.15) is 23.4 Å². The van der Waals surface area contributed by atoms with Crippen LogP contribution >= 0.6 is 11.3 Å². The number of hydrogen-bond donors (Lipinski definition) is 1. The molecule has 1 heterocycles. The molecule has 2 aromatic rings. The number of hydrogen-bond acceptors (Lipinski definition) is 4. The summed E-state index contributed by atoms with van der Waals surface area (Å²) in [5, 5.41) is 3.33. The first-order valence-electron chi connectivity index (χ1n) is 5.71. The number of aromatic nitrogens is 1. The lowest BCUT2D eigenvalue weighted by molar-refractivity contribution is 0.386. The van der Waals surface area contributed by atoms with Gasteiger partial charge in [0.15, 0.2) is 11.6 Å². The number of thiazole rings is 1. The van der Waals surface area contributed by atoms with Crippen molar-refractivity contribution < 1.29 is 9.13 Å². The first-order chi connectivity index (χ1) is 8.76. The predicted octanol–water partition coefficient (Wildman–Crippen LogP) is 2.99. The van der Waals surface area contributed by atoms with Crippen LogP contribution in [0.5, 0.6) is 5.75 Å². The Bertz CT molecular complexity index is 502. The molecule has 2 rings (SSSR count). The van der Waals surface area contributed by atoms with Gasteiger partial charge in [0.1, 0.15) is 0 Å². The molecule has 1 N–H and O–H groups in total. The zero-order chi connectivity index (χ0) is 13.0. The summed E-state index contributed by atoms with van der Waals surface area (Å²) in [7, 11) is 1.46. The van der Waals surface area contributed by atoms with Gasteiger partial charge in [-0.2, -0.15) is 0 Å². The molecular formula is C13H15FN2OS. The molecular weight excluding hydrogens is 251 g/mol. The topological polar surface area (TPSA) is 34.1 Å². The summed E-state index contributed by atoms with van der Waals surface area (Å²) in [4.78, 5) is 5.14. The third-order valence-corrected chi connectivity index (χ3v) is 3.49. The second-order valence-corrected chi connectivity index (χ2v) is 4.71. The SMILES string of the molecule is CCNC(c1ccc(OC)c(F)c1)c1cncs1. The van der Waals surface area contributed by atoms with Crippen molar-refractivity contribution in [3.63, 3.8) is 0 Å². The van der Waals surface area contributed by atoms with E-state index in [0.29, 0.717) is 0 Å². The highest BCUT2D eigenvalue weighted by atomic mass is 32.1. The van der Waals surface area contributed by atoms with Gasteiger partial charge in [-0.25, -0.2) is 4.39 Å². The lowest BCUT2D eigenvalue weighted by atomic mass is 10.1. The zero-order valence-electron chi connectivity index (χ0n) is 10.3. The molecule has 0 saturated heterocycles. The highest BCUT2D eigenvalue weighted by Crippen LogP contribution is 2.28. The van der Waals surface area contributed by atoms with Crippen LogP contribution in [0.2, 0.25) is 0 Å². The van der Waals surface area contributed by atoms with Gasteiger partial charge in [0.25, 0.3) is 0 Å². The predicted molar refractivity (Wildman–Crippen MR) is 70.6 cm³/mol. The Balaban J connectivity index is 2.34. The summed E-state index contributed by atoms with van der Waals surface area (Å²) in [6.07, 6.45) is 1.81. The minimum absolute atomic E-state index is 0.0251. The Morgan fingerprint density at radius 3 is 2.89 bits per heavy atom. The Morgan fingerprint density at radius 2 is 2.33 bits per heavy atom. The molecule has 0 fully saturated rings.